The summed E-state index contributed by atoms with van der Waals surface area (Å²) in [5.41, 5.74) is 0.278. The molecule has 86 valence electrons. The van der Waals surface area contributed by atoms with Crippen LogP contribution in [0.3, 0.4) is 0 Å². The lowest BCUT2D eigenvalue weighted by atomic mass is 9.75. The molecule has 0 heterocycles. The number of nitrogens with one attached hydrogen (secondary N) is 1. The van der Waals surface area contributed by atoms with Crippen LogP contribution in [-0.4, -0.2) is 44.2 Å². The van der Waals surface area contributed by atoms with Crippen LogP contribution in [0.2, 0.25) is 0 Å². The van der Waals surface area contributed by atoms with Gasteiger partial charge in [-0.05, 0) is 33.4 Å². The Morgan fingerprint density at radius 3 is 2.60 bits per heavy atom. The number of likely N-dealkylation sites (N-methyl/N-ethyl adjacent to an activating group) is 1. The maximum absolute atomic E-state index is 10.8. The van der Waals surface area contributed by atoms with Crippen LogP contribution >= 0.6 is 0 Å². The number of nitrogens with zero attached hydrogens (tertiary/aromatic N) is 1. The van der Waals surface area contributed by atoms with E-state index in [-0.39, 0.29) is 11.5 Å². The van der Waals surface area contributed by atoms with Gasteiger partial charge in [-0.25, -0.2) is 4.79 Å². The number of methoxy groups -OCH3 is 1. The van der Waals surface area contributed by atoms with E-state index in [0.29, 0.717) is 0 Å². The molecular formula is C11H20N2O2. The molecule has 0 saturated heterocycles. The number of ether oxygens (including phenoxy) is 1. The first kappa shape index (κ1) is 12.0. The zero-order valence-corrected chi connectivity index (χ0v) is 9.75. The Morgan fingerprint density at radius 2 is 2.20 bits per heavy atom. The Bertz CT molecular complexity index is 245. The third-order valence-electron chi connectivity index (χ3n) is 3.20. The van der Waals surface area contributed by atoms with Gasteiger partial charge in [0.15, 0.2) is 0 Å². The van der Waals surface area contributed by atoms with Gasteiger partial charge in [0.05, 0.1) is 7.11 Å². The number of carbonyl (C=O) groups is 1. The van der Waals surface area contributed by atoms with Crippen molar-refractivity contribution in [2.45, 2.75) is 24.8 Å². The largest absolute Gasteiger partial charge is 0.466 e. The topological polar surface area (TPSA) is 41.6 Å². The summed E-state index contributed by atoms with van der Waals surface area (Å²) in [6, 6.07) is 0. The van der Waals surface area contributed by atoms with E-state index >= 15 is 0 Å². The molecule has 1 aliphatic carbocycles. The minimum atomic E-state index is -0.324. The van der Waals surface area contributed by atoms with E-state index in [1.807, 2.05) is 0 Å². The van der Waals surface area contributed by atoms with E-state index in [2.05, 4.69) is 29.0 Å². The van der Waals surface area contributed by atoms with Crippen LogP contribution in [0, 0.1) is 0 Å². The smallest absolute Gasteiger partial charge is 0.331 e. The molecular weight excluding hydrogens is 192 g/mol. The highest BCUT2D eigenvalue weighted by molar-refractivity contribution is 5.81. The Balaban J connectivity index is 2.30. The Labute approximate surface area is 91.3 Å². The zero-order valence-electron chi connectivity index (χ0n) is 9.75. The first-order valence-corrected chi connectivity index (χ1v) is 5.26. The van der Waals surface area contributed by atoms with Crippen molar-refractivity contribution in [1.82, 2.24) is 10.2 Å². The molecule has 1 fully saturated rings. The summed E-state index contributed by atoms with van der Waals surface area (Å²) in [6.45, 7) is 0.882. The summed E-state index contributed by atoms with van der Waals surface area (Å²) >= 11 is 0. The fourth-order valence-corrected chi connectivity index (χ4v) is 1.81. The van der Waals surface area contributed by atoms with Crippen LogP contribution < -0.4 is 5.32 Å². The lowest BCUT2D eigenvalue weighted by Crippen LogP contribution is -2.55. The Morgan fingerprint density at radius 1 is 1.53 bits per heavy atom. The van der Waals surface area contributed by atoms with Crippen molar-refractivity contribution in [2.75, 3.05) is 27.7 Å². The first-order valence-electron chi connectivity index (χ1n) is 5.26. The number of hydrogen-bond donors (Lipinski definition) is 1. The quantitative estimate of drug-likeness (QED) is 0.539. The van der Waals surface area contributed by atoms with Crippen molar-refractivity contribution >= 4 is 5.97 Å². The summed E-state index contributed by atoms with van der Waals surface area (Å²) in [5, 5.41) is 3.15. The number of rotatable bonds is 5. The van der Waals surface area contributed by atoms with Crippen molar-refractivity contribution in [2.24, 2.45) is 0 Å². The average molecular weight is 212 g/mol. The third kappa shape index (κ3) is 2.96. The van der Waals surface area contributed by atoms with Gasteiger partial charge in [0.1, 0.15) is 0 Å². The average Bonchev–Trinajstić information content (AvgIpc) is 2.14. The second-order valence-corrected chi connectivity index (χ2v) is 4.21. The fraction of sp³-hybridized carbons (Fsp3) is 0.727. The van der Waals surface area contributed by atoms with Crippen LogP contribution in [0.1, 0.15) is 19.3 Å². The van der Waals surface area contributed by atoms with Gasteiger partial charge in [0, 0.05) is 24.4 Å². The van der Waals surface area contributed by atoms with Crippen LogP contribution in [0.25, 0.3) is 0 Å². The molecule has 0 aliphatic heterocycles. The highest BCUT2D eigenvalue weighted by Gasteiger charge is 2.38. The minimum Gasteiger partial charge on any atom is -0.466 e. The Kier molecular flexibility index (Phi) is 4.15. The zero-order chi connectivity index (χ0) is 11.3. The van der Waals surface area contributed by atoms with E-state index in [9.17, 15) is 4.79 Å². The van der Waals surface area contributed by atoms with Gasteiger partial charge in [0.25, 0.3) is 0 Å². The lowest BCUT2D eigenvalue weighted by Gasteiger charge is -2.47. The molecule has 0 atom stereocenters. The van der Waals surface area contributed by atoms with Crippen molar-refractivity contribution in [3.63, 3.8) is 0 Å². The molecule has 0 spiro atoms. The number of esters is 1. The summed E-state index contributed by atoms with van der Waals surface area (Å²) in [6.07, 6.45) is 6.80. The molecule has 0 unspecified atom stereocenters. The molecule has 1 rings (SSSR count). The standard InChI is InChI=1S/C11H20N2O2/c1-13(2)11(6-4-7-11)9-12-8-5-10(14)15-3/h5,8,12H,4,6-7,9H2,1-3H3/b8-5+. The highest BCUT2D eigenvalue weighted by Crippen LogP contribution is 2.35. The maximum Gasteiger partial charge on any atom is 0.331 e. The van der Waals surface area contributed by atoms with E-state index in [1.165, 1.54) is 32.4 Å². The molecule has 0 radical (unpaired) electrons. The van der Waals surface area contributed by atoms with Crippen LogP contribution in [-0.2, 0) is 9.53 Å². The van der Waals surface area contributed by atoms with Gasteiger partial charge in [-0.1, -0.05) is 0 Å². The third-order valence-corrected chi connectivity index (χ3v) is 3.20. The molecule has 4 heteroatoms. The van der Waals surface area contributed by atoms with Gasteiger partial charge in [-0.15, -0.1) is 0 Å². The normalized spacial score (nSPS) is 18.9. The van der Waals surface area contributed by atoms with Crippen molar-refractivity contribution in [1.29, 1.82) is 0 Å². The van der Waals surface area contributed by atoms with E-state index in [1.54, 1.807) is 6.20 Å². The number of hydrogen-bond acceptors (Lipinski definition) is 4. The number of carbonyl (C=O) groups excluding carboxylic acids is 1. The fourth-order valence-electron chi connectivity index (χ4n) is 1.81. The van der Waals surface area contributed by atoms with E-state index < -0.39 is 0 Å². The lowest BCUT2D eigenvalue weighted by molar-refractivity contribution is -0.134. The predicted octanol–water partition coefficient (Wildman–Crippen LogP) is 0.747. The van der Waals surface area contributed by atoms with E-state index in [0.717, 1.165) is 6.54 Å². The molecule has 0 aromatic rings. The molecule has 0 bridgehead atoms. The monoisotopic (exact) mass is 212 g/mol. The summed E-state index contributed by atoms with van der Waals surface area (Å²) in [7, 11) is 5.58. The molecule has 0 aromatic heterocycles. The van der Waals surface area contributed by atoms with E-state index in [4.69, 9.17) is 0 Å². The SMILES string of the molecule is COC(=O)/C=C/NCC1(N(C)C)CCC1. The summed E-state index contributed by atoms with van der Waals surface area (Å²) < 4.78 is 4.49. The summed E-state index contributed by atoms with van der Waals surface area (Å²) in [4.78, 5) is 13.1. The van der Waals surface area contributed by atoms with Crippen LogP contribution in [0.5, 0.6) is 0 Å². The maximum atomic E-state index is 10.8. The van der Waals surface area contributed by atoms with Crippen LogP contribution in [0.4, 0.5) is 0 Å². The molecule has 1 saturated carbocycles. The van der Waals surface area contributed by atoms with Gasteiger partial charge >= 0.3 is 5.97 Å². The van der Waals surface area contributed by atoms with Gasteiger partial charge in [-0.2, -0.15) is 0 Å². The molecule has 15 heavy (non-hydrogen) atoms. The van der Waals surface area contributed by atoms with Gasteiger partial charge in [-0.3, -0.25) is 0 Å². The second kappa shape index (κ2) is 5.16. The molecule has 1 aliphatic rings. The van der Waals surface area contributed by atoms with Gasteiger partial charge in [0.2, 0.25) is 0 Å². The molecule has 0 amide bonds. The van der Waals surface area contributed by atoms with Crippen molar-refractivity contribution in [3.8, 4) is 0 Å². The Hall–Kier alpha value is -1.03. The predicted molar refractivity (Wildman–Crippen MR) is 59.4 cm³/mol. The second-order valence-electron chi connectivity index (χ2n) is 4.21. The summed E-state index contributed by atoms with van der Waals surface area (Å²) in [5.74, 6) is -0.324. The highest BCUT2D eigenvalue weighted by atomic mass is 16.5. The first-order chi connectivity index (χ1) is 7.10. The molecule has 4 nitrogen and oxygen atoms in total. The van der Waals surface area contributed by atoms with Crippen LogP contribution in [0.15, 0.2) is 12.3 Å². The molecule has 0 aromatic carbocycles. The van der Waals surface area contributed by atoms with Gasteiger partial charge < -0.3 is 15.0 Å². The van der Waals surface area contributed by atoms with Crippen molar-refractivity contribution < 1.29 is 9.53 Å². The van der Waals surface area contributed by atoms with Crippen molar-refractivity contribution in [3.05, 3.63) is 12.3 Å². The minimum absolute atomic E-state index is 0.278. The molecule has 1 N–H and O–H groups in total.